The van der Waals surface area contributed by atoms with Gasteiger partial charge in [0, 0.05) is 17.1 Å². The first-order chi connectivity index (χ1) is 9.31. The predicted octanol–water partition coefficient (Wildman–Crippen LogP) is 2.17. The SMILES string of the molecule is O=S(=O)(NCC1CCCC1O)c1c(F)cc(F)cc1Br. The maximum absolute atomic E-state index is 13.6. The summed E-state index contributed by atoms with van der Waals surface area (Å²) in [6.45, 7) is 0.0345. The number of halogens is 3. The highest BCUT2D eigenvalue weighted by atomic mass is 79.9. The lowest BCUT2D eigenvalue weighted by atomic mass is 10.1. The van der Waals surface area contributed by atoms with Crippen LogP contribution in [0.1, 0.15) is 19.3 Å². The first kappa shape index (κ1) is 15.8. The molecule has 0 aromatic heterocycles. The number of hydrogen-bond acceptors (Lipinski definition) is 3. The van der Waals surface area contributed by atoms with E-state index < -0.39 is 32.7 Å². The van der Waals surface area contributed by atoms with Crippen molar-refractivity contribution in [3.8, 4) is 0 Å². The van der Waals surface area contributed by atoms with Gasteiger partial charge in [-0.25, -0.2) is 21.9 Å². The fraction of sp³-hybridized carbons (Fsp3) is 0.500. The van der Waals surface area contributed by atoms with Gasteiger partial charge in [0.1, 0.15) is 16.5 Å². The van der Waals surface area contributed by atoms with Gasteiger partial charge in [0.15, 0.2) is 0 Å². The summed E-state index contributed by atoms with van der Waals surface area (Å²) in [6, 6.07) is 1.41. The van der Waals surface area contributed by atoms with Crippen LogP contribution >= 0.6 is 15.9 Å². The fourth-order valence-electron chi connectivity index (χ4n) is 2.33. The van der Waals surface area contributed by atoms with E-state index in [0.29, 0.717) is 12.5 Å². The fourth-order valence-corrected chi connectivity index (χ4v) is 4.59. The lowest BCUT2D eigenvalue weighted by molar-refractivity contribution is 0.134. The molecule has 0 bridgehead atoms. The summed E-state index contributed by atoms with van der Waals surface area (Å²) in [5.41, 5.74) is 0. The number of nitrogens with one attached hydrogen (secondary N) is 1. The Labute approximate surface area is 124 Å². The molecule has 1 aliphatic rings. The van der Waals surface area contributed by atoms with Gasteiger partial charge in [-0.1, -0.05) is 6.42 Å². The molecule has 2 rings (SSSR count). The number of rotatable bonds is 4. The minimum Gasteiger partial charge on any atom is -0.393 e. The summed E-state index contributed by atoms with van der Waals surface area (Å²) in [5, 5.41) is 9.63. The van der Waals surface area contributed by atoms with Crippen molar-refractivity contribution in [3.63, 3.8) is 0 Å². The van der Waals surface area contributed by atoms with E-state index in [9.17, 15) is 22.3 Å². The Morgan fingerprint density at radius 3 is 2.60 bits per heavy atom. The summed E-state index contributed by atoms with van der Waals surface area (Å²) in [7, 11) is -4.10. The van der Waals surface area contributed by atoms with Crippen molar-refractivity contribution in [3.05, 3.63) is 28.2 Å². The lowest BCUT2D eigenvalue weighted by Crippen LogP contribution is -2.33. The largest absolute Gasteiger partial charge is 0.393 e. The highest BCUT2D eigenvalue weighted by Crippen LogP contribution is 2.28. The molecule has 0 aliphatic heterocycles. The second-order valence-corrected chi connectivity index (χ2v) is 7.37. The summed E-state index contributed by atoms with van der Waals surface area (Å²) in [4.78, 5) is -0.619. The second-order valence-electron chi connectivity index (χ2n) is 4.81. The standard InChI is InChI=1S/C12H14BrF2NO3S/c13-9-4-8(14)5-10(15)12(9)20(18,19)16-6-7-2-1-3-11(7)17/h4-5,7,11,16-17H,1-3,6H2. The van der Waals surface area contributed by atoms with E-state index >= 15 is 0 Å². The summed E-state index contributed by atoms with van der Waals surface area (Å²) >= 11 is 2.85. The third kappa shape index (κ3) is 3.36. The highest BCUT2D eigenvalue weighted by Gasteiger charge is 2.29. The van der Waals surface area contributed by atoms with Crippen LogP contribution in [0.3, 0.4) is 0 Å². The van der Waals surface area contributed by atoms with Crippen LogP contribution in [-0.2, 0) is 10.0 Å². The van der Waals surface area contributed by atoms with Crippen molar-refractivity contribution in [1.29, 1.82) is 0 Å². The Morgan fingerprint density at radius 1 is 1.35 bits per heavy atom. The van der Waals surface area contributed by atoms with Crippen molar-refractivity contribution in [2.24, 2.45) is 5.92 Å². The monoisotopic (exact) mass is 369 g/mol. The van der Waals surface area contributed by atoms with Crippen LogP contribution in [0.25, 0.3) is 0 Å². The molecule has 1 fully saturated rings. The van der Waals surface area contributed by atoms with Crippen molar-refractivity contribution >= 4 is 26.0 Å². The van der Waals surface area contributed by atoms with Crippen LogP contribution in [0.15, 0.2) is 21.5 Å². The molecule has 4 nitrogen and oxygen atoms in total. The maximum Gasteiger partial charge on any atom is 0.244 e. The zero-order chi connectivity index (χ0) is 14.9. The molecule has 0 amide bonds. The lowest BCUT2D eigenvalue weighted by Gasteiger charge is -2.16. The van der Waals surface area contributed by atoms with Crippen molar-refractivity contribution < 1.29 is 22.3 Å². The highest BCUT2D eigenvalue weighted by molar-refractivity contribution is 9.10. The van der Waals surface area contributed by atoms with Gasteiger partial charge in [-0.2, -0.15) is 0 Å². The zero-order valence-corrected chi connectivity index (χ0v) is 12.8. The molecule has 0 radical (unpaired) electrons. The van der Waals surface area contributed by atoms with E-state index in [1.807, 2.05) is 0 Å². The van der Waals surface area contributed by atoms with Crippen LogP contribution in [0, 0.1) is 17.6 Å². The average Bonchev–Trinajstić information content (AvgIpc) is 2.70. The summed E-state index contributed by atoms with van der Waals surface area (Å²) in [6.07, 6.45) is 1.65. The van der Waals surface area contributed by atoms with Gasteiger partial charge in [0.05, 0.1) is 6.10 Å². The predicted molar refractivity (Wildman–Crippen MR) is 72.6 cm³/mol. The Balaban J connectivity index is 2.18. The molecule has 1 saturated carbocycles. The quantitative estimate of drug-likeness (QED) is 0.854. The normalized spacial score (nSPS) is 23.2. The molecule has 2 atom stereocenters. The molecule has 2 unspecified atom stereocenters. The average molecular weight is 370 g/mol. The second kappa shape index (κ2) is 6.05. The van der Waals surface area contributed by atoms with E-state index in [4.69, 9.17) is 0 Å². The number of aliphatic hydroxyl groups is 1. The van der Waals surface area contributed by atoms with Gasteiger partial charge in [-0.3, -0.25) is 0 Å². The molecule has 2 N–H and O–H groups in total. The molecule has 1 aromatic rings. The van der Waals surface area contributed by atoms with E-state index in [0.717, 1.165) is 18.9 Å². The molecule has 1 aromatic carbocycles. The molecule has 20 heavy (non-hydrogen) atoms. The van der Waals surface area contributed by atoms with Crippen LogP contribution in [0.4, 0.5) is 8.78 Å². The van der Waals surface area contributed by atoms with Crippen molar-refractivity contribution in [2.75, 3.05) is 6.54 Å². The van der Waals surface area contributed by atoms with Gasteiger partial charge in [-0.15, -0.1) is 0 Å². The van der Waals surface area contributed by atoms with E-state index in [1.54, 1.807) is 0 Å². The summed E-state index contributed by atoms with van der Waals surface area (Å²) < 4.78 is 52.8. The zero-order valence-electron chi connectivity index (χ0n) is 10.4. The van der Waals surface area contributed by atoms with Crippen LogP contribution in [0.2, 0.25) is 0 Å². The van der Waals surface area contributed by atoms with Crippen LogP contribution in [-0.4, -0.2) is 26.2 Å². The minimum atomic E-state index is -4.10. The third-order valence-corrected chi connectivity index (χ3v) is 5.77. The first-order valence-corrected chi connectivity index (χ1v) is 8.41. The Bertz CT molecular complexity index is 586. The van der Waals surface area contributed by atoms with Crippen LogP contribution in [0.5, 0.6) is 0 Å². The van der Waals surface area contributed by atoms with Crippen LogP contribution < -0.4 is 4.72 Å². The Hall–Kier alpha value is -0.570. The summed E-state index contributed by atoms with van der Waals surface area (Å²) in [5.74, 6) is -2.19. The van der Waals surface area contributed by atoms with Gasteiger partial charge < -0.3 is 5.11 Å². The Morgan fingerprint density at radius 2 is 2.05 bits per heavy atom. The molecule has 0 heterocycles. The number of hydrogen-bond donors (Lipinski definition) is 2. The minimum absolute atomic E-state index is 0.0345. The number of aliphatic hydroxyl groups excluding tert-OH is 1. The van der Waals surface area contributed by atoms with E-state index in [-0.39, 0.29) is 16.9 Å². The smallest absolute Gasteiger partial charge is 0.244 e. The molecule has 112 valence electrons. The van der Waals surface area contributed by atoms with Gasteiger partial charge >= 0.3 is 0 Å². The van der Waals surface area contributed by atoms with Crippen molar-refractivity contribution in [2.45, 2.75) is 30.3 Å². The van der Waals surface area contributed by atoms with Gasteiger partial charge in [0.25, 0.3) is 0 Å². The molecule has 1 aliphatic carbocycles. The number of benzene rings is 1. The first-order valence-electron chi connectivity index (χ1n) is 6.13. The van der Waals surface area contributed by atoms with Crippen molar-refractivity contribution in [1.82, 2.24) is 4.72 Å². The third-order valence-electron chi connectivity index (χ3n) is 3.39. The molecule has 0 spiro atoms. The van der Waals surface area contributed by atoms with E-state index in [1.165, 1.54) is 0 Å². The van der Waals surface area contributed by atoms with Gasteiger partial charge in [-0.05, 0) is 40.8 Å². The molecular weight excluding hydrogens is 356 g/mol. The van der Waals surface area contributed by atoms with Gasteiger partial charge in [0.2, 0.25) is 10.0 Å². The maximum atomic E-state index is 13.6. The Kier molecular flexibility index (Phi) is 4.78. The molecule has 8 heteroatoms. The molecule has 0 saturated heterocycles. The molecular formula is C12H14BrF2NO3S. The van der Waals surface area contributed by atoms with E-state index in [2.05, 4.69) is 20.7 Å². The number of sulfonamides is 1. The topological polar surface area (TPSA) is 66.4 Å².